The van der Waals surface area contributed by atoms with Gasteiger partial charge in [-0.3, -0.25) is 4.90 Å². The van der Waals surface area contributed by atoms with Crippen LogP contribution in [0.2, 0.25) is 0 Å². The number of hydrogen-bond acceptors (Lipinski definition) is 4. The number of rotatable bonds is 3. The van der Waals surface area contributed by atoms with Gasteiger partial charge < -0.3 is 10.0 Å². The lowest BCUT2D eigenvalue weighted by molar-refractivity contribution is 0.195. The molecule has 0 bridgehead atoms. The van der Waals surface area contributed by atoms with Crippen molar-refractivity contribution in [2.45, 2.75) is 32.9 Å². The number of piperazine rings is 1. The first-order valence-electron chi connectivity index (χ1n) is 6.71. The minimum absolute atomic E-state index is 0.461. The monoisotopic (exact) mass is 249 g/mol. The highest BCUT2D eigenvalue weighted by Gasteiger charge is 2.22. The van der Waals surface area contributed by atoms with Crippen LogP contribution in [0.1, 0.15) is 32.4 Å². The topological polar surface area (TPSA) is 39.6 Å². The number of aliphatic hydroxyl groups excluding tert-OH is 1. The molecule has 0 spiro atoms. The lowest BCUT2D eigenvalue weighted by atomic mass is 10.1. The Labute approximate surface area is 109 Å². The van der Waals surface area contributed by atoms with E-state index >= 15 is 0 Å². The summed E-state index contributed by atoms with van der Waals surface area (Å²) in [5.41, 5.74) is 0.926. The molecule has 0 aliphatic carbocycles. The molecule has 0 saturated carbocycles. The van der Waals surface area contributed by atoms with Crippen molar-refractivity contribution in [1.82, 2.24) is 9.88 Å². The molecule has 1 N–H and O–H groups in total. The minimum Gasteiger partial charge on any atom is -0.389 e. The molecule has 2 rings (SSSR count). The lowest BCUT2D eigenvalue weighted by Gasteiger charge is -2.38. The zero-order chi connectivity index (χ0) is 13.1. The number of aliphatic hydroxyl groups is 1. The maximum Gasteiger partial charge on any atom is 0.134 e. The molecule has 2 heterocycles. The van der Waals surface area contributed by atoms with Gasteiger partial charge in [0.05, 0.1) is 6.10 Å². The van der Waals surface area contributed by atoms with Gasteiger partial charge in [0.1, 0.15) is 5.82 Å². The van der Waals surface area contributed by atoms with Gasteiger partial charge in [0, 0.05) is 44.0 Å². The van der Waals surface area contributed by atoms with E-state index < -0.39 is 6.10 Å². The smallest absolute Gasteiger partial charge is 0.134 e. The van der Waals surface area contributed by atoms with Gasteiger partial charge in [0.15, 0.2) is 0 Å². The molecule has 1 aliphatic rings. The molecule has 0 radical (unpaired) electrons. The Morgan fingerprint density at radius 1 is 1.17 bits per heavy atom. The van der Waals surface area contributed by atoms with Crippen molar-refractivity contribution in [3.8, 4) is 0 Å². The summed E-state index contributed by atoms with van der Waals surface area (Å²) in [6.07, 6.45) is 1.34. The third-order valence-electron chi connectivity index (χ3n) is 3.61. The average molecular weight is 249 g/mol. The predicted octanol–water partition coefficient (Wildman–Crippen LogP) is 1.67. The first-order valence-corrected chi connectivity index (χ1v) is 6.71. The lowest BCUT2D eigenvalue weighted by Crippen LogP contribution is -2.49. The van der Waals surface area contributed by atoms with Gasteiger partial charge in [-0.1, -0.05) is 6.07 Å². The Hall–Kier alpha value is -1.13. The van der Waals surface area contributed by atoms with Gasteiger partial charge in [0.2, 0.25) is 0 Å². The van der Waals surface area contributed by atoms with Gasteiger partial charge in [-0.25, -0.2) is 4.98 Å². The summed E-state index contributed by atoms with van der Waals surface area (Å²) in [4.78, 5) is 9.19. The summed E-state index contributed by atoms with van der Waals surface area (Å²) >= 11 is 0. The maximum absolute atomic E-state index is 9.80. The Kier molecular flexibility index (Phi) is 4.19. The third kappa shape index (κ3) is 2.82. The molecule has 1 aliphatic heterocycles. The molecule has 1 aromatic heterocycles. The zero-order valence-electron chi connectivity index (χ0n) is 11.5. The van der Waals surface area contributed by atoms with Gasteiger partial charge in [-0.05, 0) is 26.8 Å². The van der Waals surface area contributed by atoms with Crippen LogP contribution in [0, 0.1) is 0 Å². The van der Waals surface area contributed by atoms with E-state index in [0.29, 0.717) is 6.04 Å². The fourth-order valence-electron chi connectivity index (χ4n) is 2.45. The summed E-state index contributed by atoms with van der Waals surface area (Å²) in [5, 5.41) is 9.80. The summed E-state index contributed by atoms with van der Waals surface area (Å²) in [7, 11) is 0. The number of hydrogen-bond donors (Lipinski definition) is 1. The molecule has 4 nitrogen and oxygen atoms in total. The van der Waals surface area contributed by atoms with Gasteiger partial charge in [0.25, 0.3) is 0 Å². The number of pyridine rings is 1. The molecular formula is C14H23N3O. The highest BCUT2D eigenvalue weighted by Crippen LogP contribution is 2.24. The SMILES string of the molecule is CC(C)N1CCN(c2ncccc2[C@@H](C)O)CC1. The van der Waals surface area contributed by atoms with Crippen LogP contribution in [0.3, 0.4) is 0 Å². The Balaban J connectivity index is 2.10. The van der Waals surface area contributed by atoms with Crippen LogP contribution in [0.15, 0.2) is 18.3 Å². The fourth-order valence-corrected chi connectivity index (χ4v) is 2.45. The predicted molar refractivity (Wildman–Crippen MR) is 73.8 cm³/mol. The molecule has 1 atom stereocenters. The van der Waals surface area contributed by atoms with Gasteiger partial charge >= 0.3 is 0 Å². The van der Waals surface area contributed by atoms with Crippen molar-refractivity contribution >= 4 is 5.82 Å². The second-order valence-electron chi connectivity index (χ2n) is 5.21. The van der Waals surface area contributed by atoms with E-state index in [0.717, 1.165) is 37.6 Å². The van der Waals surface area contributed by atoms with Crippen LogP contribution in [0.25, 0.3) is 0 Å². The molecule has 1 aromatic rings. The second-order valence-corrected chi connectivity index (χ2v) is 5.21. The fraction of sp³-hybridized carbons (Fsp3) is 0.643. The molecule has 1 saturated heterocycles. The van der Waals surface area contributed by atoms with Crippen molar-refractivity contribution in [3.05, 3.63) is 23.9 Å². The van der Waals surface area contributed by atoms with Crippen molar-refractivity contribution in [2.24, 2.45) is 0 Å². The molecule has 0 unspecified atom stereocenters. The van der Waals surface area contributed by atoms with Crippen LogP contribution in [-0.4, -0.2) is 47.2 Å². The largest absolute Gasteiger partial charge is 0.389 e. The van der Waals surface area contributed by atoms with Crippen LogP contribution >= 0.6 is 0 Å². The number of aromatic nitrogens is 1. The van der Waals surface area contributed by atoms with Crippen LogP contribution < -0.4 is 4.90 Å². The van der Waals surface area contributed by atoms with Crippen LogP contribution in [-0.2, 0) is 0 Å². The van der Waals surface area contributed by atoms with Crippen molar-refractivity contribution in [1.29, 1.82) is 0 Å². The van der Waals surface area contributed by atoms with Gasteiger partial charge in [-0.2, -0.15) is 0 Å². The van der Waals surface area contributed by atoms with E-state index in [1.165, 1.54) is 0 Å². The molecule has 100 valence electrons. The second kappa shape index (κ2) is 5.67. The van der Waals surface area contributed by atoms with E-state index in [1.54, 1.807) is 13.1 Å². The molecule has 1 fully saturated rings. The first-order chi connectivity index (χ1) is 8.59. The van der Waals surface area contributed by atoms with Crippen LogP contribution in [0.4, 0.5) is 5.82 Å². The summed E-state index contributed by atoms with van der Waals surface area (Å²) in [6, 6.07) is 4.45. The summed E-state index contributed by atoms with van der Waals surface area (Å²) in [5.74, 6) is 0.941. The van der Waals surface area contributed by atoms with Crippen molar-refractivity contribution in [3.63, 3.8) is 0 Å². The van der Waals surface area contributed by atoms with E-state index in [2.05, 4.69) is 28.6 Å². The van der Waals surface area contributed by atoms with E-state index in [-0.39, 0.29) is 0 Å². The molecular weight excluding hydrogens is 226 g/mol. The highest BCUT2D eigenvalue weighted by atomic mass is 16.3. The molecule has 0 amide bonds. The Morgan fingerprint density at radius 3 is 2.39 bits per heavy atom. The quantitative estimate of drug-likeness (QED) is 0.884. The molecule has 4 heteroatoms. The van der Waals surface area contributed by atoms with Crippen molar-refractivity contribution < 1.29 is 5.11 Å². The Morgan fingerprint density at radius 2 is 1.83 bits per heavy atom. The standard InChI is InChI=1S/C14H23N3O/c1-11(2)16-7-9-17(10-8-16)14-13(12(3)18)5-4-6-15-14/h4-6,11-12,18H,7-10H2,1-3H3/t12-/m1/s1. The zero-order valence-corrected chi connectivity index (χ0v) is 11.5. The van der Waals surface area contributed by atoms with E-state index in [9.17, 15) is 5.11 Å². The van der Waals surface area contributed by atoms with Crippen LogP contribution in [0.5, 0.6) is 0 Å². The molecule has 18 heavy (non-hydrogen) atoms. The first kappa shape index (κ1) is 13.3. The van der Waals surface area contributed by atoms with E-state index in [1.807, 2.05) is 12.1 Å². The van der Waals surface area contributed by atoms with Crippen molar-refractivity contribution in [2.75, 3.05) is 31.1 Å². The van der Waals surface area contributed by atoms with Gasteiger partial charge in [-0.15, -0.1) is 0 Å². The number of nitrogens with zero attached hydrogens (tertiary/aromatic N) is 3. The average Bonchev–Trinajstić information content (AvgIpc) is 2.39. The van der Waals surface area contributed by atoms with E-state index in [4.69, 9.17) is 0 Å². The summed E-state index contributed by atoms with van der Waals surface area (Å²) in [6.45, 7) is 10.4. The minimum atomic E-state index is -0.461. The Bertz CT molecular complexity index is 384. The number of anilines is 1. The third-order valence-corrected chi connectivity index (χ3v) is 3.61. The normalized spacial score (nSPS) is 19.3. The maximum atomic E-state index is 9.80. The summed E-state index contributed by atoms with van der Waals surface area (Å²) < 4.78 is 0. The highest BCUT2D eigenvalue weighted by molar-refractivity contribution is 5.48. The molecule has 0 aromatic carbocycles.